The average molecular weight is 276 g/mol. The van der Waals surface area contributed by atoms with Crippen LogP contribution in [0, 0.1) is 0 Å². The summed E-state index contributed by atoms with van der Waals surface area (Å²) in [5.41, 5.74) is 0. The van der Waals surface area contributed by atoms with E-state index in [1.54, 1.807) is 0 Å². The third-order valence-electron chi connectivity index (χ3n) is 3.88. The molecule has 0 bridgehead atoms. The molecule has 0 aromatic heterocycles. The van der Waals surface area contributed by atoms with Crippen LogP contribution in [0.2, 0.25) is 18.1 Å². The molecule has 18 heavy (non-hydrogen) atoms. The number of aliphatic hydroxyl groups excluding tert-OH is 1. The van der Waals surface area contributed by atoms with Crippen molar-refractivity contribution in [1.82, 2.24) is 0 Å². The minimum Gasteiger partial charge on any atom is -0.414 e. The first kappa shape index (κ1) is 16.1. The van der Waals surface area contributed by atoms with Crippen LogP contribution < -0.4 is 0 Å². The van der Waals surface area contributed by atoms with Gasteiger partial charge >= 0.3 is 0 Å². The summed E-state index contributed by atoms with van der Waals surface area (Å²) >= 11 is 0. The van der Waals surface area contributed by atoms with Crippen molar-refractivity contribution in [1.29, 1.82) is 0 Å². The van der Waals surface area contributed by atoms with Gasteiger partial charge in [-0.15, -0.1) is 0 Å². The van der Waals surface area contributed by atoms with Crippen molar-refractivity contribution < 1.29 is 19.0 Å². The molecule has 1 saturated heterocycles. The summed E-state index contributed by atoms with van der Waals surface area (Å²) in [4.78, 5) is 0. The largest absolute Gasteiger partial charge is 0.414 e. The summed E-state index contributed by atoms with van der Waals surface area (Å²) < 4.78 is 17.5. The van der Waals surface area contributed by atoms with Gasteiger partial charge in [-0.2, -0.15) is 0 Å². The molecule has 1 heterocycles. The molecule has 1 rings (SSSR count). The van der Waals surface area contributed by atoms with E-state index in [2.05, 4.69) is 33.9 Å². The van der Waals surface area contributed by atoms with E-state index >= 15 is 0 Å². The summed E-state index contributed by atoms with van der Waals surface area (Å²) in [5, 5.41) is 9.49. The Labute approximate surface area is 112 Å². The molecule has 1 aliphatic rings. The smallest absolute Gasteiger partial charge is 0.192 e. The van der Waals surface area contributed by atoms with Gasteiger partial charge in [0.05, 0.1) is 13.2 Å². The monoisotopic (exact) mass is 276 g/mol. The Hall–Kier alpha value is 0.0569. The van der Waals surface area contributed by atoms with E-state index in [4.69, 9.17) is 13.9 Å². The molecule has 1 aliphatic heterocycles. The summed E-state index contributed by atoms with van der Waals surface area (Å²) in [6, 6.07) is 0. The first-order valence-electron chi connectivity index (χ1n) is 6.59. The fourth-order valence-electron chi connectivity index (χ4n) is 1.71. The van der Waals surface area contributed by atoms with Crippen molar-refractivity contribution >= 4 is 8.32 Å². The standard InChI is InChI=1S/C13H28O4Si/c1-12(2,3)18(6,7)15-9-11-10(8-14)16-13(4,5)17-11/h10-11,14H,8-9H2,1-7H3/t10-,11?/m1/s1. The zero-order valence-corrected chi connectivity index (χ0v) is 13.7. The lowest BCUT2D eigenvalue weighted by Gasteiger charge is -2.37. The number of hydrogen-bond donors (Lipinski definition) is 1. The number of ether oxygens (including phenoxy) is 2. The maximum Gasteiger partial charge on any atom is 0.192 e. The molecule has 108 valence electrons. The van der Waals surface area contributed by atoms with Gasteiger partial charge in [0.1, 0.15) is 12.2 Å². The highest BCUT2D eigenvalue weighted by atomic mass is 28.4. The molecule has 1 N–H and O–H groups in total. The maximum absolute atomic E-state index is 9.31. The lowest BCUT2D eigenvalue weighted by molar-refractivity contribution is -0.151. The molecule has 0 radical (unpaired) electrons. The third kappa shape index (κ3) is 3.77. The van der Waals surface area contributed by atoms with Crippen molar-refractivity contribution in [3.05, 3.63) is 0 Å². The second-order valence-electron chi connectivity index (χ2n) is 6.97. The lowest BCUT2D eigenvalue weighted by atomic mass is 10.2. The maximum atomic E-state index is 9.31. The zero-order chi connectivity index (χ0) is 14.2. The van der Waals surface area contributed by atoms with E-state index in [0.29, 0.717) is 6.61 Å². The van der Waals surface area contributed by atoms with Crippen molar-refractivity contribution in [2.45, 2.75) is 70.7 Å². The molecule has 0 saturated carbocycles. The van der Waals surface area contributed by atoms with E-state index < -0.39 is 14.1 Å². The molecule has 1 unspecified atom stereocenters. The molecule has 4 nitrogen and oxygen atoms in total. The molecule has 2 atom stereocenters. The molecular weight excluding hydrogens is 248 g/mol. The highest BCUT2D eigenvalue weighted by Gasteiger charge is 2.43. The van der Waals surface area contributed by atoms with Gasteiger partial charge in [0, 0.05) is 0 Å². The molecule has 0 aromatic carbocycles. The van der Waals surface area contributed by atoms with Crippen LogP contribution in [-0.2, 0) is 13.9 Å². The van der Waals surface area contributed by atoms with Gasteiger partial charge in [-0.1, -0.05) is 20.8 Å². The second kappa shape index (κ2) is 5.21. The highest BCUT2D eigenvalue weighted by molar-refractivity contribution is 6.74. The third-order valence-corrected chi connectivity index (χ3v) is 8.38. The predicted molar refractivity (Wildman–Crippen MR) is 74.1 cm³/mol. The van der Waals surface area contributed by atoms with Crippen LogP contribution in [0.4, 0.5) is 0 Å². The van der Waals surface area contributed by atoms with Gasteiger partial charge in [0.25, 0.3) is 0 Å². The molecule has 5 heteroatoms. The summed E-state index contributed by atoms with van der Waals surface area (Å²) in [6.45, 7) is 15.2. The van der Waals surface area contributed by atoms with Crippen molar-refractivity contribution in [3.63, 3.8) is 0 Å². The number of rotatable bonds is 4. The van der Waals surface area contributed by atoms with Crippen molar-refractivity contribution in [2.75, 3.05) is 13.2 Å². The van der Waals surface area contributed by atoms with Gasteiger partial charge in [0.15, 0.2) is 14.1 Å². The molecule has 0 spiro atoms. The van der Waals surface area contributed by atoms with E-state index in [9.17, 15) is 5.11 Å². The van der Waals surface area contributed by atoms with Gasteiger partial charge in [-0.25, -0.2) is 0 Å². The summed E-state index contributed by atoms with van der Waals surface area (Å²) in [5.74, 6) is -0.630. The predicted octanol–water partition coefficient (Wildman–Crippen LogP) is 2.52. The van der Waals surface area contributed by atoms with Crippen LogP contribution in [-0.4, -0.2) is 44.6 Å². The molecule has 0 amide bonds. The molecule has 0 aromatic rings. The fourth-order valence-corrected chi connectivity index (χ4v) is 2.73. The number of hydrogen-bond acceptors (Lipinski definition) is 4. The van der Waals surface area contributed by atoms with E-state index in [1.165, 1.54) is 0 Å². The zero-order valence-electron chi connectivity index (χ0n) is 12.7. The minimum absolute atomic E-state index is 0.0328. The van der Waals surface area contributed by atoms with Crippen LogP contribution in [0.1, 0.15) is 34.6 Å². The van der Waals surface area contributed by atoms with Crippen LogP contribution in [0.15, 0.2) is 0 Å². The number of aliphatic hydroxyl groups is 1. The summed E-state index contributed by atoms with van der Waals surface area (Å²) in [6.07, 6.45) is -0.469. The SMILES string of the molecule is CC1(C)OC(CO[Si](C)(C)C(C)(C)C)[C@@H](CO)O1. The van der Waals surface area contributed by atoms with Gasteiger partial charge in [-0.05, 0) is 32.0 Å². The van der Waals surface area contributed by atoms with Crippen LogP contribution >= 0.6 is 0 Å². The lowest BCUT2D eigenvalue weighted by Crippen LogP contribution is -2.44. The van der Waals surface area contributed by atoms with E-state index in [1.807, 2.05) is 13.8 Å². The summed E-state index contributed by atoms with van der Waals surface area (Å²) in [7, 11) is -1.78. The Kier molecular flexibility index (Phi) is 4.66. The molecule has 1 fully saturated rings. The van der Waals surface area contributed by atoms with Crippen molar-refractivity contribution in [3.8, 4) is 0 Å². The van der Waals surface area contributed by atoms with Crippen LogP contribution in [0.3, 0.4) is 0 Å². The Morgan fingerprint density at radius 1 is 1.17 bits per heavy atom. The Balaban J connectivity index is 2.58. The molecule has 0 aliphatic carbocycles. The first-order chi connectivity index (χ1) is 7.98. The Morgan fingerprint density at radius 3 is 2.11 bits per heavy atom. The minimum atomic E-state index is -1.78. The van der Waals surface area contributed by atoms with Gasteiger partial charge in [0.2, 0.25) is 0 Å². The normalized spacial score (nSPS) is 28.7. The second-order valence-corrected chi connectivity index (χ2v) is 11.8. The average Bonchev–Trinajstić information content (AvgIpc) is 2.48. The van der Waals surface area contributed by atoms with Crippen LogP contribution in [0.5, 0.6) is 0 Å². The Morgan fingerprint density at radius 2 is 1.67 bits per heavy atom. The molecular formula is C13H28O4Si. The van der Waals surface area contributed by atoms with E-state index in [0.717, 1.165) is 0 Å². The van der Waals surface area contributed by atoms with Crippen molar-refractivity contribution in [2.24, 2.45) is 0 Å². The van der Waals surface area contributed by atoms with Gasteiger partial charge < -0.3 is 19.0 Å². The van der Waals surface area contributed by atoms with Crippen LogP contribution in [0.25, 0.3) is 0 Å². The topological polar surface area (TPSA) is 47.9 Å². The highest BCUT2D eigenvalue weighted by Crippen LogP contribution is 2.37. The first-order valence-corrected chi connectivity index (χ1v) is 9.50. The van der Waals surface area contributed by atoms with Gasteiger partial charge in [-0.3, -0.25) is 0 Å². The Bertz CT molecular complexity index is 283. The quantitative estimate of drug-likeness (QED) is 0.802. The van der Waals surface area contributed by atoms with E-state index in [-0.39, 0.29) is 23.9 Å². The fraction of sp³-hybridized carbons (Fsp3) is 1.00.